The Balaban J connectivity index is 1.57. The minimum Gasteiger partial charge on any atom is -0.334 e. The number of nitriles is 1. The van der Waals surface area contributed by atoms with Crippen molar-refractivity contribution in [2.24, 2.45) is 0 Å². The van der Waals surface area contributed by atoms with Gasteiger partial charge in [0.25, 0.3) is 11.5 Å². The number of hydrogen-bond donors (Lipinski definition) is 1. The number of nitrogens with zero attached hydrogens (tertiary/aromatic N) is 5. The first-order chi connectivity index (χ1) is 16.2. The molecule has 1 aromatic carbocycles. The molecule has 4 rings (SSSR count). The molecule has 0 bridgehead atoms. The van der Waals surface area contributed by atoms with Gasteiger partial charge in [-0.15, -0.1) is 0 Å². The van der Waals surface area contributed by atoms with Gasteiger partial charge in [0.15, 0.2) is 5.82 Å². The van der Waals surface area contributed by atoms with Crippen LogP contribution in [0.25, 0.3) is 16.9 Å². The third-order valence-corrected chi connectivity index (χ3v) is 6.34. The highest BCUT2D eigenvalue weighted by atomic mass is 19.1. The summed E-state index contributed by atoms with van der Waals surface area (Å²) >= 11 is 0. The van der Waals surface area contributed by atoms with Crippen LogP contribution in [0.2, 0.25) is 0 Å². The van der Waals surface area contributed by atoms with Crippen molar-refractivity contribution in [1.29, 1.82) is 5.26 Å². The number of benzene rings is 1. The summed E-state index contributed by atoms with van der Waals surface area (Å²) < 4.78 is 16.5. The van der Waals surface area contributed by atoms with E-state index < -0.39 is 5.67 Å². The number of rotatable bonds is 4. The van der Waals surface area contributed by atoms with Crippen molar-refractivity contribution in [3.8, 4) is 23.0 Å². The monoisotopic (exact) mass is 462 g/mol. The van der Waals surface area contributed by atoms with Crippen molar-refractivity contribution < 1.29 is 9.18 Å². The molecule has 3 heterocycles. The molecule has 1 atom stereocenters. The molecule has 1 saturated heterocycles. The lowest BCUT2D eigenvalue weighted by Gasteiger charge is -2.29. The minimum atomic E-state index is -1.45. The molecule has 1 aliphatic heterocycles. The molecule has 1 aliphatic rings. The summed E-state index contributed by atoms with van der Waals surface area (Å²) in [5.74, 6) is 0.0562. The van der Waals surface area contributed by atoms with Gasteiger partial charge in [-0.2, -0.15) is 5.26 Å². The number of carbonyl (C=O) groups excluding carboxylic acids is 1. The minimum absolute atomic E-state index is 0.0395. The Kier molecular flexibility index (Phi) is 6.35. The maximum absolute atomic E-state index is 15.2. The SMILES string of the molecule is CCC1(F)CN(C)CCN(C(=O)c2ccc(-n3[nH]cc(-c4ccc(C#N)cc4C)c3=O)nc2)C1. The molecule has 2 aromatic heterocycles. The summed E-state index contributed by atoms with van der Waals surface area (Å²) in [6.07, 6.45) is 3.34. The molecule has 8 nitrogen and oxygen atoms in total. The number of alkyl halides is 1. The average molecular weight is 463 g/mol. The average Bonchev–Trinajstić information content (AvgIpc) is 3.13. The third kappa shape index (κ3) is 4.50. The molecule has 34 heavy (non-hydrogen) atoms. The number of aromatic amines is 1. The molecular weight excluding hydrogens is 435 g/mol. The number of H-pyrrole nitrogens is 1. The fourth-order valence-corrected chi connectivity index (χ4v) is 4.32. The Labute approximate surface area is 197 Å². The standard InChI is InChI=1S/C25H27FN6O2/c1-4-25(26)15-30(3)9-10-31(16-25)23(33)19-6-8-22(28-13-19)32-24(34)21(14-29-32)20-7-5-18(12-27)11-17(20)2/h5-8,11,13-14,29H,4,9-10,15-16H2,1-3H3. The summed E-state index contributed by atoms with van der Waals surface area (Å²) in [5.41, 5.74) is 1.12. The Bertz CT molecular complexity index is 1310. The van der Waals surface area contributed by atoms with Crippen molar-refractivity contribution in [2.45, 2.75) is 25.9 Å². The van der Waals surface area contributed by atoms with Crippen LogP contribution in [-0.2, 0) is 0 Å². The number of halogens is 1. The highest BCUT2D eigenvalue weighted by Crippen LogP contribution is 2.24. The predicted molar refractivity (Wildman–Crippen MR) is 127 cm³/mol. The summed E-state index contributed by atoms with van der Waals surface area (Å²) in [6, 6.07) is 10.4. The summed E-state index contributed by atoms with van der Waals surface area (Å²) in [5, 5.41) is 12.0. The van der Waals surface area contributed by atoms with E-state index in [4.69, 9.17) is 5.26 Å². The second-order valence-corrected chi connectivity index (χ2v) is 8.84. The van der Waals surface area contributed by atoms with Crippen LogP contribution < -0.4 is 5.56 Å². The molecule has 0 saturated carbocycles. The summed E-state index contributed by atoms with van der Waals surface area (Å²) in [6.45, 7) is 5.00. The van der Waals surface area contributed by atoms with E-state index in [9.17, 15) is 9.59 Å². The molecule has 1 unspecified atom stereocenters. The van der Waals surface area contributed by atoms with Gasteiger partial charge in [-0.3, -0.25) is 14.7 Å². The lowest BCUT2D eigenvalue weighted by atomic mass is 10.0. The maximum Gasteiger partial charge on any atom is 0.280 e. The zero-order valence-corrected chi connectivity index (χ0v) is 19.5. The van der Waals surface area contributed by atoms with Gasteiger partial charge in [-0.1, -0.05) is 13.0 Å². The largest absolute Gasteiger partial charge is 0.334 e. The van der Waals surface area contributed by atoms with E-state index in [0.29, 0.717) is 48.6 Å². The van der Waals surface area contributed by atoms with E-state index in [0.717, 1.165) is 11.1 Å². The molecule has 1 amide bonds. The molecule has 0 radical (unpaired) electrons. The molecule has 1 N–H and O–H groups in total. The number of pyridine rings is 1. The Morgan fingerprint density at radius 2 is 2.03 bits per heavy atom. The van der Waals surface area contributed by atoms with Gasteiger partial charge in [0.2, 0.25) is 0 Å². The third-order valence-electron chi connectivity index (χ3n) is 6.34. The molecular formula is C25H27FN6O2. The lowest BCUT2D eigenvalue weighted by Crippen LogP contribution is -2.44. The van der Waals surface area contributed by atoms with E-state index in [2.05, 4.69) is 16.2 Å². The van der Waals surface area contributed by atoms with E-state index >= 15 is 4.39 Å². The van der Waals surface area contributed by atoms with Crippen LogP contribution in [0.3, 0.4) is 0 Å². The topological polar surface area (TPSA) is 98.0 Å². The second-order valence-electron chi connectivity index (χ2n) is 8.84. The highest BCUT2D eigenvalue weighted by Gasteiger charge is 2.36. The first kappa shape index (κ1) is 23.4. The Morgan fingerprint density at radius 1 is 1.24 bits per heavy atom. The maximum atomic E-state index is 15.2. The molecule has 3 aromatic rings. The first-order valence-electron chi connectivity index (χ1n) is 11.2. The van der Waals surface area contributed by atoms with Crippen LogP contribution in [0, 0.1) is 18.3 Å². The number of hydrogen-bond acceptors (Lipinski definition) is 5. The zero-order valence-electron chi connectivity index (χ0n) is 19.5. The Morgan fingerprint density at radius 3 is 2.68 bits per heavy atom. The summed E-state index contributed by atoms with van der Waals surface area (Å²) in [7, 11) is 1.86. The fourth-order valence-electron chi connectivity index (χ4n) is 4.32. The van der Waals surface area contributed by atoms with Gasteiger partial charge < -0.3 is 9.80 Å². The smallest absolute Gasteiger partial charge is 0.280 e. The van der Waals surface area contributed by atoms with Gasteiger partial charge in [0.1, 0.15) is 5.67 Å². The second kappa shape index (κ2) is 9.23. The summed E-state index contributed by atoms with van der Waals surface area (Å²) in [4.78, 5) is 33.8. The van der Waals surface area contributed by atoms with Gasteiger partial charge in [-0.05, 0) is 55.8 Å². The van der Waals surface area contributed by atoms with Gasteiger partial charge >= 0.3 is 0 Å². The van der Waals surface area contributed by atoms with E-state index in [1.165, 1.54) is 15.8 Å². The van der Waals surface area contributed by atoms with Crippen molar-refractivity contribution in [2.75, 3.05) is 33.2 Å². The molecule has 0 aliphatic carbocycles. The van der Waals surface area contributed by atoms with Gasteiger partial charge in [0.05, 0.1) is 29.3 Å². The predicted octanol–water partition coefficient (Wildman–Crippen LogP) is 2.91. The van der Waals surface area contributed by atoms with Crippen LogP contribution in [0.1, 0.15) is 34.8 Å². The number of carbonyl (C=O) groups is 1. The van der Waals surface area contributed by atoms with Crippen LogP contribution in [-0.4, -0.2) is 69.4 Å². The highest BCUT2D eigenvalue weighted by molar-refractivity contribution is 5.94. The van der Waals surface area contributed by atoms with Crippen LogP contribution in [0.5, 0.6) is 0 Å². The van der Waals surface area contributed by atoms with Crippen molar-refractivity contribution >= 4 is 5.91 Å². The van der Waals surface area contributed by atoms with Crippen LogP contribution in [0.4, 0.5) is 4.39 Å². The number of amides is 1. The van der Waals surface area contributed by atoms with Crippen molar-refractivity contribution in [3.05, 3.63) is 69.8 Å². The first-order valence-corrected chi connectivity index (χ1v) is 11.2. The number of aryl methyl sites for hydroxylation is 1. The van der Waals surface area contributed by atoms with E-state index in [1.807, 2.05) is 18.9 Å². The number of aromatic nitrogens is 3. The van der Waals surface area contributed by atoms with Gasteiger partial charge in [0, 0.05) is 32.0 Å². The van der Waals surface area contributed by atoms with Crippen LogP contribution in [0.15, 0.2) is 47.5 Å². The van der Waals surface area contributed by atoms with Crippen molar-refractivity contribution in [3.63, 3.8) is 0 Å². The lowest BCUT2D eigenvalue weighted by molar-refractivity contribution is 0.0590. The quantitative estimate of drug-likeness (QED) is 0.643. The number of nitrogens with one attached hydrogen (secondary N) is 1. The fraction of sp³-hybridized carbons (Fsp3) is 0.360. The zero-order chi connectivity index (χ0) is 24.5. The van der Waals surface area contributed by atoms with E-state index in [-0.39, 0.29) is 18.0 Å². The Hall–Kier alpha value is -3.77. The van der Waals surface area contributed by atoms with Crippen LogP contribution >= 0.6 is 0 Å². The molecule has 176 valence electrons. The molecule has 1 fully saturated rings. The van der Waals surface area contributed by atoms with Crippen molar-refractivity contribution in [1.82, 2.24) is 24.6 Å². The normalized spacial score (nSPS) is 19.0. The number of likely N-dealkylation sites (N-methyl/N-ethyl adjacent to an activating group) is 1. The van der Waals surface area contributed by atoms with Gasteiger partial charge in [-0.25, -0.2) is 14.1 Å². The molecule has 9 heteroatoms. The van der Waals surface area contributed by atoms with E-state index in [1.54, 1.807) is 43.5 Å². The molecule has 0 spiro atoms.